The van der Waals surface area contributed by atoms with Crippen molar-refractivity contribution in [3.05, 3.63) is 65.5 Å². The number of halogens is 1. The molecule has 2 aromatic rings. The Labute approximate surface area is 183 Å². The van der Waals surface area contributed by atoms with Crippen molar-refractivity contribution in [1.82, 2.24) is 4.90 Å². The molecule has 2 N–H and O–H groups in total. The summed E-state index contributed by atoms with van der Waals surface area (Å²) < 4.78 is 13.2. The SMILES string of the molecule is CC(=O)c1cccc(N(C(N)=O)C2(CN3CCC[C@@H](Cc4ccc(F)cc4)C3)CC2)c1. The Morgan fingerprint density at radius 3 is 2.58 bits per heavy atom. The third kappa shape index (κ3) is 4.96. The van der Waals surface area contributed by atoms with Gasteiger partial charge in [-0.3, -0.25) is 9.69 Å². The Morgan fingerprint density at radius 2 is 1.94 bits per heavy atom. The lowest BCUT2D eigenvalue weighted by Crippen LogP contribution is -2.53. The lowest BCUT2D eigenvalue weighted by Gasteiger charge is -2.39. The van der Waals surface area contributed by atoms with Gasteiger partial charge in [-0.15, -0.1) is 0 Å². The van der Waals surface area contributed by atoms with Crippen molar-refractivity contribution >= 4 is 17.5 Å². The Hall–Kier alpha value is -2.73. The van der Waals surface area contributed by atoms with Gasteiger partial charge in [0, 0.05) is 24.3 Å². The molecule has 1 heterocycles. The smallest absolute Gasteiger partial charge is 0.319 e. The number of carbonyl (C=O) groups is 2. The van der Waals surface area contributed by atoms with Crippen molar-refractivity contribution in [2.75, 3.05) is 24.5 Å². The average Bonchev–Trinajstić information content (AvgIpc) is 3.49. The number of Topliss-reactive ketones (excluding diaryl/α,β-unsaturated/α-hetero) is 1. The molecule has 0 unspecified atom stereocenters. The van der Waals surface area contributed by atoms with Crippen LogP contribution >= 0.6 is 0 Å². The van der Waals surface area contributed by atoms with Gasteiger partial charge in [0.25, 0.3) is 0 Å². The second-order valence-corrected chi connectivity index (χ2v) is 9.08. The summed E-state index contributed by atoms with van der Waals surface area (Å²) in [6.07, 6.45) is 5.00. The lowest BCUT2D eigenvalue weighted by molar-refractivity contribution is 0.101. The standard InChI is InChI=1S/C25H30FN3O2/c1-18(30)21-5-2-6-23(15-21)29(24(27)31)25(11-12-25)17-28-13-3-4-20(16-28)14-19-7-9-22(26)10-8-19/h2,5-10,15,20H,3-4,11-14,16-17H2,1H3,(H2,27,31)/t20-/m0/s1. The van der Waals surface area contributed by atoms with Crippen LogP contribution in [0, 0.1) is 11.7 Å². The van der Waals surface area contributed by atoms with Gasteiger partial charge in [0.05, 0.1) is 5.54 Å². The van der Waals surface area contributed by atoms with Crippen LogP contribution < -0.4 is 10.6 Å². The van der Waals surface area contributed by atoms with Gasteiger partial charge in [-0.25, -0.2) is 9.18 Å². The number of anilines is 1. The van der Waals surface area contributed by atoms with E-state index in [1.54, 1.807) is 23.1 Å². The summed E-state index contributed by atoms with van der Waals surface area (Å²) in [4.78, 5) is 28.4. The summed E-state index contributed by atoms with van der Waals surface area (Å²) in [6.45, 7) is 4.26. The van der Waals surface area contributed by atoms with Crippen molar-refractivity contribution in [3.63, 3.8) is 0 Å². The van der Waals surface area contributed by atoms with Gasteiger partial charge in [-0.1, -0.05) is 24.3 Å². The van der Waals surface area contributed by atoms with Crippen LogP contribution in [-0.2, 0) is 6.42 Å². The fourth-order valence-corrected chi connectivity index (χ4v) is 4.93. The van der Waals surface area contributed by atoms with E-state index < -0.39 is 6.03 Å². The molecule has 0 aromatic heterocycles. The number of likely N-dealkylation sites (tertiary alicyclic amines) is 1. The van der Waals surface area contributed by atoms with E-state index in [2.05, 4.69) is 4.90 Å². The summed E-state index contributed by atoms with van der Waals surface area (Å²) >= 11 is 0. The second-order valence-electron chi connectivity index (χ2n) is 9.08. The number of carbonyl (C=O) groups excluding carboxylic acids is 2. The first kappa shape index (κ1) is 21.5. The van der Waals surface area contributed by atoms with Crippen LogP contribution in [0.1, 0.15) is 48.5 Å². The summed E-state index contributed by atoms with van der Waals surface area (Å²) in [5, 5.41) is 0. The number of ketones is 1. The number of piperidine rings is 1. The first-order valence-corrected chi connectivity index (χ1v) is 11.0. The zero-order valence-corrected chi connectivity index (χ0v) is 18.0. The zero-order valence-electron chi connectivity index (χ0n) is 18.0. The van der Waals surface area contributed by atoms with E-state index in [9.17, 15) is 14.0 Å². The van der Waals surface area contributed by atoms with Gasteiger partial charge in [-0.2, -0.15) is 0 Å². The normalized spacial score (nSPS) is 20.3. The number of amides is 2. The lowest BCUT2D eigenvalue weighted by atomic mass is 9.91. The zero-order chi connectivity index (χ0) is 22.0. The number of benzene rings is 2. The predicted molar refractivity (Wildman–Crippen MR) is 120 cm³/mol. The number of primary amides is 1. The quantitative estimate of drug-likeness (QED) is 0.671. The molecule has 1 atom stereocenters. The molecular weight excluding hydrogens is 393 g/mol. The third-order valence-corrected chi connectivity index (χ3v) is 6.59. The Kier molecular flexibility index (Phi) is 6.10. The number of hydrogen-bond donors (Lipinski definition) is 1. The maximum Gasteiger partial charge on any atom is 0.319 e. The van der Waals surface area contributed by atoms with Crippen molar-refractivity contribution < 1.29 is 14.0 Å². The minimum Gasteiger partial charge on any atom is -0.351 e. The van der Waals surface area contributed by atoms with Crippen LogP contribution in [0.5, 0.6) is 0 Å². The summed E-state index contributed by atoms with van der Waals surface area (Å²) in [5.41, 5.74) is 7.95. The Balaban J connectivity index is 1.46. The van der Waals surface area contributed by atoms with Crippen molar-refractivity contribution in [2.24, 2.45) is 11.7 Å². The molecule has 5 nitrogen and oxygen atoms in total. The number of nitrogens with zero attached hydrogens (tertiary/aromatic N) is 2. The van der Waals surface area contributed by atoms with Gasteiger partial charge in [-0.05, 0) is 81.3 Å². The Morgan fingerprint density at radius 1 is 1.19 bits per heavy atom. The van der Waals surface area contributed by atoms with E-state index in [0.29, 0.717) is 17.2 Å². The van der Waals surface area contributed by atoms with E-state index in [4.69, 9.17) is 5.73 Å². The molecule has 2 aromatic carbocycles. The minimum atomic E-state index is -0.474. The van der Waals surface area contributed by atoms with Crippen LogP contribution in [0.25, 0.3) is 0 Å². The molecule has 1 aliphatic carbocycles. The molecule has 1 aliphatic heterocycles. The van der Waals surface area contributed by atoms with Crippen LogP contribution in [-0.4, -0.2) is 41.9 Å². The molecule has 6 heteroatoms. The first-order valence-electron chi connectivity index (χ1n) is 11.0. The van der Waals surface area contributed by atoms with Crippen molar-refractivity contribution in [3.8, 4) is 0 Å². The molecule has 2 aliphatic rings. The number of urea groups is 1. The van der Waals surface area contributed by atoms with Gasteiger partial charge in [0.1, 0.15) is 5.82 Å². The summed E-state index contributed by atoms with van der Waals surface area (Å²) in [5.74, 6) is 0.277. The van der Waals surface area contributed by atoms with Gasteiger partial charge in [0.15, 0.2) is 5.78 Å². The largest absolute Gasteiger partial charge is 0.351 e. The number of nitrogens with two attached hydrogens (primary N) is 1. The second kappa shape index (κ2) is 8.79. The maximum absolute atomic E-state index is 13.2. The first-order chi connectivity index (χ1) is 14.9. The van der Waals surface area contributed by atoms with Crippen LogP contribution in [0.15, 0.2) is 48.5 Å². The van der Waals surface area contributed by atoms with Gasteiger partial charge in [0.2, 0.25) is 0 Å². The molecule has 0 bridgehead atoms. The molecule has 1 saturated carbocycles. The van der Waals surface area contributed by atoms with Gasteiger partial charge >= 0.3 is 6.03 Å². The van der Waals surface area contributed by atoms with Crippen LogP contribution in [0.3, 0.4) is 0 Å². The van der Waals surface area contributed by atoms with Crippen molar-refractivity contribution in [2.45, 2.75) is 44.6 Å². The van der Waals surface area contributed by atoms with E-state index in [1.807, 2.05) is 18.2 Å². The predicted octanol–water partition coefficient (Wildman–Crippen LogP) is 4.40. The maximum atomic E-state index is 13.2. The van der Waals surface area contributed by atoms with E-state index >= 15 is 0 Å². The topological polar surface area (TPSA) is 66.6 Å². The minimum absolute atomic E-state index is 0.0317. The molecule has 164 valence electrons. The summed E-state index contributed by atoms with van der Waals surface area (Å²) in [7, 11) is 0. The number of hydrogen-bond acceptors (Lipinski definition) is 3. The van der Waals surface area contributed by atoms with Crippen LogP contribution in [0.4, 0.5) is 14.9 Å². The van der Waals surface area contributed by atoms with E-state index in [-0.39, 0.29) is 17.1 Å². The molecule has 0 radical (unpaired) electrons. The van der Waals surface area contributed by atoms with Crippen LogP contribution in [0.2, 0.25) is 0 Å². The molecule has 2 fully saturated rings. The molecule has 4 rings (SSSR count). The highest BCUT2D eigenvalue weighted by Crippen LogP contribution is 2.45. The molecular formula is C25H30FN3O2. The monoisotopic (exact) mass is 423 g/mol. The molecule has 0 spiro atoms. The molecule has 1 saturated heterocycles. The molecule has 2 amide bonds. The fourth-order valence-electron chi connectivity index (χ4n) is 4.93. The van der Waals surface area contributed by atoms with Crippen molar-refractivity contribution in [1.29, 1.82) is 0 Å². The van der Waals surface area contributed by atoms with E-state index in [1.165, 1.54) is 19.1 Å². The summed E-state index contributed by atoms with van der Waals surface area (Å²) in [6, 6.07) is 13.5. The highest BCUT2D eigenvalue weighted by molar-refractivity contribution is 5.98. The average molecular weight is 424 g/mol. The highest BCUT2D eigenvalue weighted by atomic mass is 19.1. The highest BCUT2D eigenvalue weighted by Gasteiger charge is 2.51. The van der Waals surface area contributed by atoms with E-state index in [0.717, 1.165) is 57.3 Å². The Bertz CT molecular complexity index is 955. The fraction of sp³-hybridized carbons (Fsp3) is 0.440. The molecule has 31 heavy (non-hydrogen) atoms. The third-order valence-electron chi connectivity index (χ3n) is 6.59. The van der Waals surface area contributed by atoms with Gasteiger partial charge < -0.3 is 10.6 Å². The number of rotatable bonds is 7.